The highest BCUT2D eigenvalue weighted by Crippen LogP contribution is 2.19. The van der Waals surface area contributed by atoms with Crippen LogP contribution in [-0.2, 0) is 18.4 Å². The van der Waals surface area contributed by atoms with Gasteiger partial charge in [-0.25, -0.2) is 14.1 Å². The van der Waals surface area contributed by atoms with Crippen LogP contribution in [-0.4, -0.2) is 35.7 Å². The molecule has 0 atom stereocenters. The van der Waals surface area contributed by atoms with E-state index in [9.17, 15) is 9.18 Å². The molecule has 0 aliphatic carbocycles. The summed E-state index contributed by atoms with van der Waals surface area (Å²) in [6.45, 7) is 3.87. The number of halogens is 1. The molecule has 9 heteroatoms. The Bertz CT molecular complexity index is 867. The zero-order valence-corrected chi connectivity index (χ0v) is 13.0. The number of nitrogens with one attached hydrogen (secondary N) is 1. The van der Waals surface area contributed by atoms with Crippen LogP contribution in [0, 0.1) is 5.82 Å². The highest BCUT2D eigenvalue weighted by atomic mass is 19.1. The average molecular weight is 317 g/mol. The van der Waals surface area contributed by atoms with E-state index in [1.807, 2.05) is 13.8 Å². The maximum Gasteiger partial charge on any atom is 0.248 e. The number of carbonyl (C=O) groups excluding carboxylic acids is 1. The van der Waals surface area contributed by atoms with Crippen LogP contribution in [0.1, 0.15) is 25.6 Å². The number of imidazole rings is 1. The summed E-state index contributed by atoms with van der Waals surface area (Å²) in [4.78, 5) is 16.4. The lowest BCUT2D eigenvalue weighted by molar-refractivity contribution is -0.117. The van der Waals surface area contributed by atoms with E-state index in [2.05, 4.69) is 25.8 Å². The fourth-order valence-corrected chi connectivity index (χ4v) is 2.32. The van der Waals surface area contributed by atoms with E-state index in [-0.39, 0.29) is 24.2 Å². The molecule has 23 heavy (non-hydrogen) atoms. The standard InChI is InChI=1S/C14H16FN7O/c1-8(2)13-18-19-20-22(13)7-12(23)17-14-16-10-6-9(15)4-5-11(10)21(14)3/h4-6,8H,7H2,1-3H3,(H,16,17,23). The molecule has 2 heterocycles. The summed E-state index contributed by atoms with van der Waals surface area (Å²) in [5.74, 6) is 0.403. The lowest BCUT2D eigenvalue weighted by Crippen LogP contribution is -2.23. The molecule has 8 nitrogen and oxygen atoms in total. The Kier molecular flexibility index (Phi) is 3.77. The van der Waals surface area contributed by atoms with Crippen molar-refractivity contribution in [2.75, 3.05) is 5.32 Å². The lowest BCUT2D eigenvalue weighted by Gasteiger charge is -2.07. The van der Waals surface area contributed by atoms with Gasteiger partial charge in [0.15, 0.2) is 5.82 Å². The van der Waals surface area contributed by atoms with Crippen LogP contribution in [0.15, 0.2) is 18.2 Å². The van der Waals surface area contributed by atoms with Gasteiger partial charge in [0.25, 0.3) is 0 Å². The van der Waals surface area contributed by atoms with Gasteiger partial charge < -0.3 is 4.57 Å². The summed E-state index contributed by atoms with van der Waals surface area (Å²) in [7, 11) is 1.75. The van der Waals surface area contributed by atoms with E-state index in [1.54, 1.807) is 17.7 Å². The van der Waals surface area contributed by atoms with E-state index >= 15 is 0 Å². The summed E-state index contributed by atoms with van der Waals surface area (Å²) in [6.07, 6.45) is 0. The van der Waals surface area contributed by atoms with Gasteiger partial charge >= 0.3 is 0 Å². The first-order chi connectivity index (χ1) is 11.0. The second kappa shape index (κ2) is 5.75. The minimum atomic E-state index is -0.372. The molecule has 0 saturated carbocycles. The number of anilines is 1. The zero-order valence-electron chi connectivity index (χ0n) is 13.0. The maximum absolute atomic E-state index is 13.3. The van der Waals surface area contributed by atoms with Gasteiger partial charge in [-0.3, -0.25) is 10.1 Å². The van der Waals surface area contributed by atoms with E-state index in [0.717, 1.165) is 5.52 Å². The third-order valence-electron chi connectivity index (χ3n) is 3.46. The fraction of sp³-hybridized carbons (Fsp3) is 0.357. The van der Waals surface area contributed by atoms with Crippen molar-refractivity contribution in [3.05, 3.63) is 29.8 Å². The first kappa shape index (κ1) is 15.1. The van der Waals surface area contributed by atoms with Gasteiger partial charge in [0.1, 0.15) is 12.4 Å². The Morgan fingerprint density at radius 2 is 2.17 bits per heavy atom. The number of hydrogen-bond donors (Lipinski definition) is 1. The summed E-state index contributed by atoms with van der Waals surface area (Å²) in [5, 5.41) is 14.0. The van der Waals surface area contributed by atoms with Crippen LogP contribution in [0.25, 0.3) is 11.0 Å². The molecule has 2 aromatic heterocycles. The third kappa shape index (κ3) is 2.89. The van der Waals surface area contributed by atoms with Crippen molar-refractivity contribution < 1.29 is 9.18 Å². The quantitative estimate of drug-likeness (QED) is 0.786. The van der Waals surface area contributed by atoms with Crippen molar-refractivity contribution in [3.8, 4) is 0 Å². The lowest BCUT2D eigenvalue weighted by atomic mass is 10.2. The van der Waals surface area contributed by atoms with Crippen LogP contribution >= 0.6 is 0 Å². The number of rotatable bonds is 4. The van der Waals surface area contributed by atoms with Crippen LogP contribution in [0.3, 0.4) is 0 Å². The molecule has 0 aliphatic rings. The number of amides is 1. The Morgan fingerprint density at radius 3 is 2.91 bits per heavy atom. The first-order valence-corrected chi connectivity index (χ1v) is 7.13. The number of tetrazole rings is 1. The van der Waals surface area contributed by atoms with Crippen molar-refractivity contribution in [1.29, 1.82) is 0 Å². The monoisotopic (exact) mass is 317 g/mol. The number of nitrogens with zero attached hydrogens (tertiary/aromatic N) is 6. The van der Waals surface area contributed by atoms with Gasteiger partial charge in [0.2, 0.25) is 11.9 Å². The van der Waals surface area contributed by atoms with Crippen molar-refractivity contribution >= 4 is 22.9 Å². The second-order valence-electron chi connectivity index (χ2n) is 5.53. The van der Waals surface area contributed by atoms with Gasteiger partial charge in [-0.2, -0.15) is 0 Å². The van der Waals surface area contributed by atoms with Crippen LogP contribution < -0.4 is 5.32 Å². The minimum Gasteiger partial charge on any atom is -0.313 e. The molecule has 0 aliphatic heterocycles. The maximum atomic E-state index is 13.3. The molecule has 0 spiro atoms. The Labute approximate surface area is 131 Å². The van der Waals surface area contributed by atoms with Crippen molar-refractivity contribution in [2.45, 2.75) is 26.3 Å². The van der Waals surface area contributed by atoms with Crippen molar-refractivity contribution in [2.24, 2.45) is 7.05 Å². The SMILES string of the molecule is CC(C)c1nnnn1CC(=O)Nc1nc2cc(F)ccc2n1C. The van der Waals surface area contributed by atoms with Crippen molar-refractivity contribution in [1.82, 2.24) is 29.8 Å². The Hall–Kier alpha value is -2.84. The highest BCUT2D eigenvalue weighted by molar-refractivity contribution is 5.91. The van der Waals surface area contributed by atoms with Crippen LogP contribution in [0.2, 0.25) is 0 Å². The summed E-state index contributed by atoms with van der Waals surface area (Å²) >= 11 is 0. The zero-order chi connectivity index (χ0) is 16.6. The smallest absolute Gasteiger partial charge is 0.248 e. The van der Waals surface area contributed by atoms with Gasteiger partial charge in [0.05, 0.1) is 11.0 Å². The molecule has 120 valence electrons. The molecular weight excluding hydrogens is 301 g/mol. The predicted octanol–water partition coefficient (Wildman–Crippen LogP) is 1.46. The molecule has 0 bridgehead atoms. The summed E-state index contributed by atoms with van der Waals surface area (Å²) in [6, 6.07) is 4.29. The third-order valence-corrected chi connectivity index (χ3v) is 3.46. The predicted molar refractivity (Wildman–Crippen MR) is 81.2 cm³/mol. The Morgan fingerprint density at radius 1 is 1.39 bits per heavy atom. The molecule has 3 aromatic rings. The number of aromatic nitrogens is 6. The highest BCUT2D eigenvalue weighted by Gasteiger charge is 2.15. The molecule has 1 N–H and O–H groups in total. The van der Waals surface area contributed by atoms with Gasteiger partial charge in [-0.1, -0.05) is 13.8 Å². The molecule has 1 amide bonds. The van der Waals surface area contributed by atoms with Gasteiger partial charge in [-0.05, 0) is 22.6 Å². The number of benzene rings is 1. The number of fused-ring (bicyclic) bond motifs is 1. The van der Waals surface area contributed by atoms with Crippen molar-refractivity contribution in [3.63, 3.8) is 0 Å². The fourth-order valence-electron chi connectivity index (χ4n) is 2.32. The molecule has 3 rings (SSSR count). The summed E-state index contributed by atoms with van der Waals surface area (Å²) < 4.78 is 16.4. The average Bonchev–Trinajstić information content (AvgIpc) is 3.04. The normalized spacial score (nSPS) is 11.3. The molecular formula is C14H16FN7O. The second-order valence-corrected chi connectivity index (χ2v) is 5.53. The van der Waals surface area contributed by atoms with E-state index < -0.39 is 0 Å². The number of carbonyl (C=O) groups is 1. The summed E-state index contributed by atoms with van der Waals surface area (Å²) in [5.41, 5.74) is 1.21. The van der Waals surface area contributed by atoms with Crippen LogP contribution in [0.4, 0.5) is 10.3 Å². The van der Waals surface area contributed by atoms with Crippen LogP contribution in [0.5, 0.6) is 0 Å². The molecule has 0 fully saturated rings. The number of hydrogen-bond acceptors (Lipinski definition) is 5. The van der Waals surface area contributed by atoms with E-state index in [1.165, 1.54) is 16.8 Å². The largest absolute Gasteiger partial charge is 0.313 e. The number of aryl methyl sites for hydroxylation is 1. The minimum absolute atomic E-state index is 0.0158. The molecule has 0 unspecified atom stereocenters. The Balaban J connectivity index is 1.80. The first-order valence-electron chi connectivity index (χ1n) is 7.13. The van der Waals surface area contributed by atoms with E-state index in [0.29, 0.717) is 17.3 Å². The molecule has 0 saturated heterocycles. The topological polar surface area (TPSA) is 90.5 Å². The molecule has 0 radical (unpaired) electrons. The van der Waals surface area contributed by atoms with Gasteiger partial charge in [-0.15, -0.1) is 5.10 Å². The van der Waals surface area contributed by atoms with E-state index in [4.69, 9.17) is 0 Å². The molecule has 1 aromatic carbocycles. The van der Waals surface area contributed by atoms with Gasteiger partial charge in [0, 0.05) is 19.0 Å².